The molecule has 0 spiro atoms. The van der Waals surface area contributed by atoms with Crippen LogP contribution < -0.4 is 15.4 Å². The number of halogens is 1. The van der Waals surface area contributed by atoms with Crippen molar-refractivity contribution in [2.24, 2.45) is 4.99 Å². The largest absolute Gasteiger partial charge is 0.491 e. The number of piperazine rings is 3. The maximum absolute atomic E-state index is 6.12. The number of hydrogen-bond acceptors (Lipinski definition) is 5. The average Bonchev–Trinajstić information content (AvgIpc) is 3.28. The fraction of sp³-hybridized carbons (Fsp3) is 0.682. The highest BCUT2D eigenvalue weighted by Gasteiger charge is 2.31. The molecule has 4 aliphatic rings. The summed E-state index contributed by atoms with van der Waals surface area (Å²) < 4.78 is 11.8. The Kier molecular flexibility index (Phi) is 9.03. The fourth-order valence-electron chi connectivity index (χ4n) is 4.43. The van der Waals surface area contributed by atoms with E-state index < -0.39 is 0 Å². The number of fused-ring (bicyclic) bond motifs is 3. The first-order valence-corrected chi connectivity index (χ1v) is 11.0. The molecule has 1 aromatic rings. The number of hydrogen-bond donors (Lipinski definition) is 2. The summed E-state index contributed by atoms with van der Waals surface area (Å²) in [7, 11) is 1.83. The minimum Gasteiger partial charge on any atom is -0.491 e. The van der Waals surface area contributed by atoms with Crippen molar-refractivity contribution in [3.05, 3.63) is 29.3 Å². The Morgan fingerprint density at radius 2 is 2.07 bits per heavy atom. The van der Waals surface area contributed by atoms with E-state index in [1.807, 2.05) is 7.05 Å². The van der Waals surface area contributed by atoms with Crippen molar-refractivity contribution in [2.75, 3.05) is 59.5 Å². The van der Waals surface area contributed by atoms with Crippen LogP contribution in [0.15, 0.2) is 23.2 Å². The molecule has 5 rings (SSSR count). The molecule has 168 valence electrons. The molecular formula is C22H36IN5O2. The molecule has 0 radical (unpaired) electrons. The lowest BCUT2D eigenvalue weighted by Crippen LogP contribution is -2.63. The molecule has 0 aliphatic carbocycles. The zero-order valence-electron chi connectivity index (χ0n) is 18.2. The van der Waals surface area contributed by atoms with E-state index in [0.717, 1.165) is 49.8 Å². The molecule has 7 nitrogen and oxygen atoms in total. The molecule has 2 unspecified atom stereocenters. The van der Waals surface area contributed by atoms with E-state index in [2.05, 4.69) is 50.5 Å². The van der Waals surface area contributed by atoms with Crippen LogP contribution in [-0.2, 0) is 11.3 Å². The van der Waals surface area contributed by atoms with Crippen LogP contribution in [0.2, 0.25) is 0 Å². The van der Waals surface area contributed by atoms with Crippen LogP contribution in [0.4, 0.5) is 0 Å². The van der Waals surface area contributed by atoms with Gasteiger partial charge in [-0.05, 0) is 31.4 Å². The van der Waals surface area contributed by atoms with Gasteiger partial charge in [0.25, 0.3) is 0 Å². The van der Waals surface area contributed by atoms with Gasteiger partial charge in [0.05, 0.1) is 6.10 Å². The van der Waals surface area contributed by atoms with Gasteiger partial charge in [-0.25, -0.2) is 0 Å². The van der Waals surface area contributed by atoms with Crippen molar-refractivity contribution in [2.45, 2.75) is 38.5 Å². The maximum atomic E-state index is 6.12. The van der Waals surface area contributed by atoms with Crippen LogP contribution in [0.1, 0.15) is 24.0 Å². The Labute approximate surface area is 197 Å². The lowest BCUT2D eigenvalue weighted by Gasteiger charge is -2.47. The third-order valence-corrected chi connectivity index (χ3v) is 6.24. The molecular weight excluding hydrogens is 493 g/mol. The highest BCUT2D eigenvalue weighted by Crippen LogP contribution is 2.22. The molecule has 0 aromatic heterocycles. The molecule has 8 heteroatoms. The molecule has 2 N–H and O–H groups in total. The third-order valence-electron chi connectivity index (χ3n) is 6.24. The van der Waals surface area contributed by atoms with Gasteiger partial charge in [-0.3, -0.25) is 14.8 Å². The van der Waals surface area contributed by atoms with E-state index in [1.165, 1.54) is 31.7 Å². The van der Waals surface area contributed by atoms with Crippen LogP contribution >= 0.6 is 24.0 Å². The molecule has 0 saturated carbocycles. The molecule has 4 saturated heterocycles. The second-order valence-electron chi connectivity index (χ2n) is 8.35. The highest BCUT2D eigenvalue weighted by molar-refractivity contribution is 14.0. The Balaban J connectivity index is 0.00000256. The number of benzene rings is 1. The SMILES string of the molecule is CN=C(NCc1ccc(C)cc1OCC1CCCO1)NCC1CN2CCN1CC2.I. The molecule has 4 fully saturated rings. The van der Waals surface area contributed by atoms with Crippen molar-refractivity contribution in [3.63, 3.8) is 0 Å². The summed E-state index contributed by atoms with van der Waals surface area (Å²) in [5, 5.41) is 6.96. The highest BCUT2D eigenvalue weighted by atomic mass is 127. The lowest BCUT2D eigenvalue weighted by molar-refractivity contribution is 0.0154. The van der Waals surface area contributed by atoms with Gasteiger partial charge in [0.2, 0.25) is 0 Å². The van der Waals surface area contributed by atoms with Gasteiger partial charge in [0.1, 0.15) is 12.4 Å². The van der Waals surface area contributed by atoms with Crippen molar-refractivity contribution in [1.29, 1.82) is 0 Å². The zero-order chi connectivity index (χ0) is 20.1. The van der Waals surface area contributed by atoms with Gasteiger partial charge in [-0.2, -0.15) is 0 Å². The predicted molar refractivity (Wildman–Crippen MR) is 131 cm³/mol. The van der Waals surface area contributed by atoms with E-state index in [-0.39, 0.29) is 30.1 Å². The summed E-state index contributed by atoms with van der Waals surface area (Å²) in [5.74, 6) is 1.78. The quantitative estimate of drug-likeness (QED) is 0.320. The van der Waals surface area contributed by atoms with E-state index in [1.54, 1.807) is 0 Å². The minimum absolute atomic E-state index is 0. The predicted octanol–water partition coefficient (Wildman–Crippen LogP) is 1.84. The van der Waals surface area contributed by atoms with Crippen molar-refractivity contribution >= 4 is 29.9 Å². The summed E-state index contributed by atoms with van der Waals surface area (Å²) in [5.41, 5.74) is 2.35. The Morgan fingerprint density at radius 1 is 1.23 bits per heavy atom. The normalized spacial score (nSPS) is 28.1. The number of aryl methyl sites for hydroxylation is 1. The van der Waals surface area contributed by atoms with Gasteiger partial charge in [-0.15, -0.1) is 24.0 Å². The Hall–Kier alpha value is -1.10. The van der Waals surface area contributed by atoms with Crippen LogP contribution in [-0.4, -0.2) is 87.4 Å². The van der Waals surface area contributed by atoms with E-state index in [0.29, 0.717) is 19.2 Å². The first kappa shape index (κ1) is 23.6. The molecule has 0 amide bonds. The van der Waals surface area contributed by atoms with Crippen molar-refractivity contribution in [1.82, 2.24) is 20.4 Å². The smallest absolute Gasteiger partial charge is 0.191 e. The first-order valence-electron chi connectivity index (χ1n) is 11.0. The number of nitrogens with one attached hydrogen (secondary N) is 2. The molecule has 4 heterocycles. The standard InChI is InChI=1S/C22H35N5O2.HI/c1-17-5-6-18(21(12-17)29-16-20-4-3-11-28-20)13-24-22(23-2)25-14-19-15-26-7-9-27(19)10-8-26;/h5-6,12,19-20H,3-4,7-11,13-16H2,1-2H3,(H2,23,24,25);1H. The summed E-state index contributed by atoms with van der Waals surface area (Å²) in [6.45, 7) is 11.1. The second-order valence-corrected chi connectivity index (χ2v) is 8.35. The number of rotatable bonds is 7. The number of nitrogens with zero attached hydrogens (tertiary/aromatic N) is 3. The van der Waals surface area contributed by atoms with Crippen LogP contribution in [0.5, 0.6) is 5.75 Å². The summed E-state index contributed by atoms with van der Waals surface area (Å²) >= 11 is 0. The monoisotopic (exact) mass is 529 g/mol. The Morgan fingerprint density at radius 3 is 2.73 bits per heavy atom. The van der Waals surface area contributed by atoms with E-state index in [4.69, 9.17) is 9.47 Å². The van der Waals surface area contributed by atoms with E-state index in [9.17, 15) is 0 Å². The second kappa shape index (κ2) is 11.5. The number of guanidine groups is 1. The van der Waals surface area contributed by atoms with Gasteiger partial charge in [0, 0.05) is 71.1 Å². The fourth-order valence-corrected chi connectivity index (χ4v) is 4.43. The van der Waals surface area contributed by atoms with Crippen LogP contribution in [0.3, 0.4) is 0 Å². The van der Waals surface area contributed by atoms with Crippen molar-refractivity contribution < 1.29 is 9.47 Å². The van der Waals surface area contributed by atoms with Crippen LogP contribution in [0.25, 0.3) is 0 Å². The minimum atomic E-state index is 0. The topological polar surface area (TPSA) is 61.4 Å². The number of aliphatic imine (C=N–C) groups is 1. The van der Waals surface area contributed by atoms with Gasteiger partial charge in [0.15, 0.2) is 5.96 Å². The summed E-state index contributed by atoms with van der Waals surface area (Å²) in [4.78, 5) is 9.56. The molecule has 4 aliphatic heterocycles. The zero-order valence-corrected chi connectivity index (χ0v) is 20.6. The van der Waals surface area contributed by atoms with Crippen molar-refractivity contribution in [3.8, 4) is 5.75 Å². The first-order chi connectivity index (χ1) is 14.2. The van der Waals surface area contributed by atoms with E-state index >= 15 is 0 Å². The summed E-state index contributed by atoms with van der Waals surface area (Å²) in [6, 6.07) is 6.95. The van der Waals surface area contributed by atoms with Gasteiger partial charge >= 0.3 is 0 Å². The lowest BCUT2D eigenvalue weighted by atomic mass is 10.1. The molecule has 30 heavy (non-hydrogen) atoms. The number of ether oxygens (including phenoxy) is 2. The molecule has 2 bridgehead atoms. The Bertz CT molecular complexity index is 703. The van der Waals surface area contributed by atoms with Gasteiger partial charge < -0.3 is 20.1 Å². The average molecular weight is 529 g/mol. The molecule has 1 aromatic carbocycles. The summed E-state index contributed by atoms with van der Waals surface area (Å²) in [6.07, 6.45) is 2.45. The van der Waals surface area contributed by atoms with Crippen LogP contribution in [0, 0.1) is 6.92 Å². The van der Waals surface area contributed by atoms with Gasteiger partial charge in [-0.1, -0.05) is 12.1 Å². The molecule has 2 atom stereocenters. The third kappa shape index (κ3) is 6.21. The maximum Gasteiger partial charge on any atom is 0.191 e.